The van der Waals surface area contributed by atoms with Gasteiger partial charge < -0.3 is 10.0 Å². The first-order valence-corrected chi connectivity index (χ1v) is 6.00. The van der Waals surface area contributed by atoms with E-state index in [4.69, 9.17) is 5.11 Å². The summed E-state index contributed by atoms with van der Waals surface area (Å²) in [6.45, 7) is 1.90. The van der Waals surface area contributed by atoms with Gasteiger partial charge in [0.1, 0.15) is 11.8 Å². The minimum Gasteiger partial charge on any atom is -0.480 e. The van der Waals surface area contributed by atoms with E-state index in [-0.39, 0.29) is 17.6 Å². The largest absolute Gasteiger partial charge is 0.480 e. The van der Waals surface area contributed by atoms with E-state index >= 15 is 0 Å². The Kier molecular flexibility index (Phi) is 3.17. The molecule has 1 heterocycles. The first-order chi connectivity index (χ1) is 7.99. The summed E-state index contributed by atoms with van der Waals surface area (Å²) < 4.78 is 0. The quantitative estimate of drug-likeness (QED) is 0.730. The second kappa shape index (κ2) is 4.47. The number of hydrogen-bond acceptors (Lipinski definition) is 3. The lowest BCUT2D eigenvalue weighted by Crippen LogP contribution is -2.54. The minimum atomic E-state index is -0.961. The molecule has 5 heteroatoms. The van der Waals surface area contributed by atoms with Crippen LogP contribution in [0.4, 0.5) is 0 Å². The molecule has 5 nitrogen and oxygen atoms in total. The molecular weight excluding hydrogens is 222 g/mol. The zero-order valence-corrected chi connectivity index (χ0v) is 9.89. The molecule has 2 rings (SSSR count). The van der Waals surface area contributed by atoms with E-state index in [1.54, 1.807) is 0 Å². The SMILES string of the molecule is CC(=O)N1CC2CCC(=O)CC2CC1C(=O)O. The highest BCUT2D eigenvalue weighted by molar-refractivity contribution is 5.83. The molecule has 1 aliphatic carbocycles. The molecule has 0 spiro atoms. The fourth-order valence-electron chi connectivity index (χ4n) is 3.04. The Hall–Kier alpha value is -1.39. The van der Waals surface area contributed by atoms with E-state index in [0.29, 0.717) is 31.7 Å². The molecule has 1 saturated carbocycles. The average Bonchev–Trinajstić information content (AvgIpc) is 2.26. The number of hydrogen-bond donors (Lipinski definition) is 1. The maximum absolute atomic E-state index is 11.4. The second-order valence-corrected chi connectivity index (χ2v) is 5.06. The number of aliphatic carboxylic acids is 1. The predicted octanol–water partition coefficient (Wildman–Crippen LogP) is 0.677. The Morgan fingerprint density at radius 2 is 2.06 bits per heavy atom. The number of fused-ring (bicyclic) bond motifs is 1. The van der Waals surface area contributed by atoms with E-state index in [0.717, 1.165) is 6.42 Å². The van der Waals surface area contributed by atoms with Gasteiger partial charge in [-0.2, -0.15) is 0 Å². The zero-order valence-electron chi connectivity index (χ0n) is 9.89. The summed E-state index contributed by atoms with van der Waals surface area (Å²) in [6, 6.07) is -0.750. The van der Waals surface area contributed by atoms with Gasteiger partial charge in [0.2, 0.25) is 5.91 Å². The van der Waals surface area contributed by atoms with Crippen molar-refractivity contribution >= 4 is 17.7 Å². The van der Waals surface area contributed by atoms with E-state index in [2.05, 4.69) is 0 Å². The highest BCUT2D eigenvalue weighted by atomic mass is 16.4. The third-order valence-corrected chi connectivity index (χ3v) is 3.97. The highest BCUT2D eigenvalue weighted by Crippen LogP contribution is 2.37. The molecule has 1 aliphatic heterocycles. The summed E-state index contributed by atoms with van der Waals surface area (Å²) in [5, 5.41) is 9.13. The Morgan fingerprint density at radius 3 is 2.65 bits per heavy atom. The van der Waals surface area contributed by atoms with Gasteiger partial charge in [-0.05, 0) is 24.7 Å². The van der Waals surface area contributed by atoms with Crippen molar-refractivity contribution in [2.24, 2.45) is 11.8 Å². The monoisotopic (exact) mass is 239 g/mol. The summed E-state index contributed by atoms with van der Waals surface area (Å²) in [6.07, 6.45) is 2.27. The van der Waals surface area contributed by atoms with Crippen LogP contribution in [0.3, 0.4) is 0 Å². The molecule has 0 bridgehead atoms. The maximum atomic E-state index is 11.4. The van der Waals surface area contributed by atoms with Gasteiger partial charge in [0, 0.05) is 26.3 Å². The molecule has 2 fully saturated rings. The highest BCUT2D eigenvalue weighted by Gasteiger charge is 2.42. The lowest BCUT2D eigenvalue weighted by molar-refractivity contribution is -0.155. The summed E-state index contributed by atoms with van der Waals surface area (Å²) in [5.74, 6) is -0.476. The van der Waals surface area contributed by atoms with Crippen LogP contribution in [0.2, 0.25) is 0 Å². The van der Waals surface area contributed by atoms with E-state index in [9.17, 15) is 14.4 Å². The van der Waals surface area contributed by atoms with Crippen LogP contribution in [0, 0.1) is 11.8 Å². The molecule has 1 N–H and O–H groups in total. The van der Waals surface area contributed by atoms with Gasteiger partial charge in [0.05, 0.1) is 0 Å². The fourth-order valence-corrected chi connectivity index (χ4v) is 3.04. The average molecular weight is 239 g/mol. The first-order valence-electron chi connectivity index (χ1n) is 6.00. The fraction of sp³-hybridized carbons (Fsp3) is 0.750. The van der Waals surface area contributed by atoms with Crippen LogP contribution in [0.25, 0.3) is 0 Å². The van der Waals surface area contributed by atoms with Crippen LogP contribution in [0.1, 0.15) is 32.6 Å². The Balaban J connectivity index is 2.15. The van der Waals surface area contributed by atoms with Crippen molar-refractivity contribution in [3.63, 3.8) is 0 Å². The standard InChI is InChI=1S/C12H17NO4/c1-7(14)13-6-8-2-3-10(15)4-9(8)5-11(13)12(16)17/h8-9,11H,2-6H2,1H3,(H,16,17). The number of carboxylic acid groups (broad SMARTS) is 1. The predicted molar refractivity (Wildman–Crippen MR) is 59.3 cm³/mol. The van der Waals surface area contributed by atoms with Gasteiger partial charge in [0.25, 0.3) is 0 Å². The molecule has 17 heavy (non-hydrogen) atoms. The summed E-state index contributed by atoms with van der Waals surface area (Å²) in [7, 11) is 0. The molecule has 94 valence electrons. The van der Waals surface area contributed by atoms with Crippen LogP contribution in [0.5, 0.6) is 0 Å². The minimum absolute atomic E-state index is 0.146. The lowest BCUT2D eigenvalue weighted by Gasteiger charge is -2.43. The second-order valence-electron chi connectivity index (χ2n) is 5.06. The van der Waals surface area contributed by atoms with Gasteiger partial charge in [-0.15, -0.1) is 0 Å². The van der Waals surface area contributed by atoms with Crippen molar-refractivity contribution in [2.45, 2.75) is 38.6 Å². The van der Waals surface area contributed by atoms with Crippen molar-refractivity contribution in [2.75, 3.05) is 6.54 Å². The van der Waals surface area contributed by atoms with E-state index < -0.39 is 12.0 Å². The van der Waals surface area contributed by atoms with Crippen LogP contribution >= 0.6 is 0 Å². The topological polar surface area (TPSA) is 74.7 Å². The van der Waals surface area contributed by atoms with Crippen LogP contribution < -0.4 is 0 Å². The number of likely N-dealkylation sites (tertiary alicyclic amines) is 1. The third kappa shape index (κ3) is 2.33. The normalized spacial score (nSPS) is 33.1. The number of nitrogens with zero attached hydrogens (tertiary/aromatic N) is 1. The number of carbonyl (C=O) groups is 3. The third-order valence-electron chi connectivity index (χ3n) is 3.97. The van der Waals surface area contributed by atoms with Gasteiger partial charge >= 0.3 is 5.97 Å². The van der Waals surface area contributed by atoms with Crippen molar-refractivity contribution in [1.82, 2.24) is 4.90 Å². The molecule has 3 atom stereocenters. The number of Topliss-reactive ketones (excluding diaryl/α,β-unsaturated/α-hetero) is 1. The molecule has 1 saturated heterocycles. The van der Waals surface area contributed by atoms with Gasteiger partial charge in [-0.25, -0.2) is 4.79 Å². The number of piperidine rings is 1. The molecule has 3 unspecified atom stereocenters. The number of rotatable bonds is 1. The summed E-state index contributed by atoms with van der Waals surface area (Å²) >= 11 is 0. The van der Waals surface area contributed by atoms with Crippen molar-refractivity contribution < 1.29 is 19.5 Å². The molecule has 0 radical (unpaired) electrons. The molecule has 2 aliphatic rings. The van der Waals surface area contributed by atoms with Crippen molar-refractivity contribution in [3.8, 4) is 0 Å². The van der Waals surface area contributed by atoms with Crippen molar-refractivity contribution in [3.05, 3.63) is 0 Å². The Bertz CT molecular complexity index is 366. The lowest BCUT2D eigenvalue weighted by atomic mass is 9.72. The molecule has 1 amide bonds. The van der Waals surface area contributed by atoms with Crippen LogP contribution in [-0.2, 0) is 14.4 Å². The van der Waals surface area contributed by atoms with Crippen LogP contribution in [0.15, 0.2) is 0 Å². The van der Waals surface area contributed by atoms with E-state index in [1.165, 1.54) is 11.8 Å². The number of carboxylic acids is 1. The molecule has 0 aromatic heterocycles. The van der Waals surface area contributed by atoms with Crippen LogP contribution in [-0.4, -0.2) is 40.3 Å². The Labute approximate surface area is 99.8 Å². The Morgan fingerprint density at radius 1 is 1.35 bits per heavy atom. The number of carbonyl (C=O) groups excluding carboxylic acids is 2. The number of ketones is 1. The first kappa shape index (κ1) is 12.1. The summed E-state index contributed by atoms with van der Waals surface area (Å²) in [4.78, 5) is 35.4. The molecule has 0 aromatic carbocycles. The zero-order chi connectivity index (χ0) is 12.6. The van der Waals surface area contributed by atoms with Gasteiger partial charge in [-0.3, -0.25) is 9.59 Å². The van der Waals surface area contributed by atoms with Gasteiger partial charge in [0.15, 0.2) is 0 Å². The summed E-state index contributed by atoms with van der Waals surface area (Å²) in [5.41, 5.74) is 0. The smallest absolute Gasteiger partial charge is 0.326 e. The molecule has 0 aromatic rings. The molecular formula is C12H17NO4. The van der Waals surface area contributed by atoms with Gasteiger partial charge in [-0.1, -0.05) is 0 Å². The van der Waals surface area contributed by atoms with E-state index in [1.807, 2.05) is 0 Å². The van der Waals surface area contributed by atoms with Crippen molar-refractivity contribution in [1.29, 1.82) is 0 Å². The maximum Gasteiger partial charge on any atom is 0.326 e. The number of amides is 1.